The molecule has 6 heteroatoms. The number of rotatable bonds is 5. The molecule has 0 aliphatic heterocycles. The van der Waals surface area contributed by atoms with E-state index in [2.05, 4.69) is 0 Å². The summed E-state index contributed by atoms with van der Waals surface area (Å²) >= 11 is 0. The lowest BCUT2D eigenvalue weighted by molar-refractivity contribution is 0.0995. The average Bonchev–Trinajstić information content (AvgIpc) is 2.21. The SMILES string of the molecule is COCCCn1c(O)c(C(N)=O)c(C)cc1=O. The third-order valence-electron chi connectivity index (χ3n) is 2.46. The van der Waals surface area contributed by atoms with Gasteiger partial charge in [-0.05, 0) is 18.9 Å². The van der Waals surface area contributed by atoms with Crippen LogP contribution in [0.5, 0.6) is 5.88 Å². The Kier molecular flexibility index (Phi) is 4.28. The van der Waals surface area contributed by atoms with Crippen LogP contribution in [-0.2, 0) is 11.3 Å². The van der Waals surface area contributed by atoms with Gasteiger partial charge in [-0.2, -0.15) is 0 Å². The van der Waals surface area contributed by atoms with Crippen molar-refractivity contribution in [3.8, 4) is 5.88 Å². The van der Waals surface area contributed by atoms with Crippen LogP contribution < -0.4 is 11.3 Å². The molecule has 3 N–H and O–H groups in total. The molecule has 0 atom stereocenters. The number of carbonyl (C=O) groups is 1. The second-order valence-corrected chi connectivity index (χ2v) is 3.73. The van der Waals surface area contributed by atoms with Gasteiger partial charge in [0.25, 0.3) is 11.5 Å². The van der Waals surface area contributed by atoms with Crippen LogP contribution >= 0.6 is 0 Å². The second-order valence-electron chi connectivity index (χ2n) is 3.73. The van der Waals surface area contributed by atoms with Gasteiger partial charge < -0.3 is 15.6 Å². The average molecular weight is 240 g/mol. The van der Waals surface area contributed by atoms with Crippen LogP contribution in [0, 0.1) is 6.92 Å². The minimum atomic E-state index is -0.750. The normalized spacial score (nSPS) is 10.5. The molecule has 6 nitrogen and oxygen atoms in total. The number of amides is 1. The van der Waals surface area contributed by atoms with Crippen LogP contribution in [0.25, 0.3) is 0 Å². The quantitative estimate of drug-likeness (QED) is 0.708. The summed E-state index contributed by atoms with van der Waals surface area (Å²) in [4.78, 5) is 22.8. The van der Waals surface area contributed by atoms with E-state index in [1.165, 1.54) is 6.07 Å². The van der Waals surface area contributed by atoms with Crippen LogP contribution in [0.2, 0.25) is 0 Å². The molecule has 0 unspecified atom stereocenters. The molecule has 1 heterocycles. The summed E-state index contributed by atoms with van der Waals surface area (Å²) in [7, 11) is 1.55. The highest BCUT2D eigenvalue weighted by atomic mass is 16.5. The maximum Gasteiger partial charge on any atom is 0.254 e. The van der Waals surface area contributed by atoms with Gasteiger partial charge in [-0.25, -0.2) is 0 Å². The Morgan fingerprint density at radius 3 is 2.76 bits per heavy atom. The predicted octanol–water partition coefficient (Wildman–Crippen LogP) is -0.00228. The number of nitrogens with two attached hydrogens (primary N) is 1. The van der Waals surface area contributed by atoms with E-state index in [1.54, 1.807) is 14.0 Å². The van der Waals surface area contributed by atoms with Gasteiger partial charge >= 0.3 is 0 Å². The molecule has 0 aliphatic carbocycles. The first-order valence-corrected chi connectivity index (χ1v) is 5.21. The number of methoxy groups -OCH3 is 1. The van der Waals surface area contributed by atoms with Crippen LogP contribution in [0.4, 0.5) is 0 Å². The van der Waals surface area contributed by atoms with Crippen molar-refractivity contribution in [1.29, 1.82) is 0 Å². The maximum atomic E-state index is 11.6. The van der Waals surface area contributed by atoms with E-state index < -0.39 is 5.91 Å². The highest BCUT2D eigenvalue weighted by Crippen LogP contribution is 2.18. The van der Waals surface area contributed by atoms with Crippen molar-refractivity contribution < 1.29 is 14.6 Å². The van der Waals surface area contributed by atoms with Gasteiger partial charge in [0.05, 0.1) is 0 Å². The smallest absolute Gasteiger partial charge is 0.254 e. The van der Waals surface area contributed by atoms with Crippen LogP contribution in [0.1, 0.15) is 22.3 Å². The molecule has 1 amide bonds. The second kappa shape index (κ2) is 5.49. The number of ether oxygens (including phenoxy) is 1. The Labute approximate surface area is 98.6 Å². The fraction of sp³-hybridized carbons (Fsp3) is 0.455. The number of primary amides is 1. The first kappa shape index (κ1) is 13.2. The van der Waals surface area contributed by atoms with E-state index in [4.69, 9.17) is 10.5 Å². The Morgan fingerprint density at radius 2 is 2.24 bits per heavy atom. The molecule has 94 valence electrons. The summed E-state index contributed by atoms with van der Waals surface area (Å²) in [5, 5.41) is 9.84. The van der Waals surface area contributed by atoms with Gasteiger partial charge in [-0.15, -0.1) is 0 Å². The lowest BCUT2D eigenvalue weighted by atomic mass is 10.1. The molecule has 1 rings (SSSR count). The molecule has 1 aromatic rings. The molecule has 0 aromatic carbocycles. The third kappa shape index (κ3) is 2.85. The van der Waals surface area contributed by atoms with Crippen molar-refractivity contribution in [2.24, 2.45) is 5.73 Å². The van der Waals surface area contributed by atoms with Crippen molar-refractivity contribution in [3.63, 3.8) is 0 Å². The van der Waals surface area contributed by atoms with Crippen molar-refractivity contribution in [2.45, 2.75) is 19.9 Å². The maximum absolute atomic E-state index is 11.6. The number of hydrogen-bond acceptors (Lipinski definition) is 4. The minimum Gasteiger partial charge on any atom is -0.494 e. The zero-order chi connectivity index (χ0) is 13.0. The molecule has 0 saturated carbocycles. The molecule has 17 heavy (non-hydrogen) atoms. The van der Waals surface area contributed by atoms with Gasteiger partial charge in [0.2, 0.25) is 5.88 Å². The fourth-order valence-electron chi connectivity index (χ4n) is 1.64. The van der Waals surface area contributed by atoms with Crippen LogP contribution in [-0.4, -0.2) is 29.3 Å². The summed E-state index contributed by atoms with van der Waals surface area (Å²) in [5.74, 6) is -1.13. The van der Waals surface area contributed by atoms with Gasteiger partial charge in [0.15, 0.2) is 0 Å². The van der Waals surface area contributed by atoms with E-state index in [0.717, 1.165) is 4.57 Å². The molecular formula is C11H16N2O4. The number of pyridine rings is 1. The van der Waals surface area contributed by atoms with Crippen LogP contribution in [0.3, 0.4) is 0 Å². The number of aromatic nitrogens is 1. The monoisotopic (exact) mass is 240 g/mol. The Balaban J connectivity index is 3.17. The standard InChI is InChI=1S/C11H16N2O4/c1-7-6-8(14)13(4-3-5-17-2)11(16)9(7)10(12)15/h6,16H,3-5H2,1-2H3,(H2,12,15). The zero-order valence-corrected chi connectivity index (χ0v) is 9.90. The largest absolute Gasteiger partial charge is 0.494 e. The van der Waals surface area contributed by atoms with E-state index in [0.29, 0.717) is 18.6 Å². The number of hydrogen-bond donors (Lipinski definition) is 2. The Morgan fingerprint density at radius 1 is 1.59 bits per heavy atom. The van der Waals surface area contributed by atoms with Gasteiger partial charge in [0, 0.05) is 26.3 Å². The molecule has 0 bridgehead atoms. The van der Waals surface area contributed by atoms with Crippen molar-refractivity contribution in [1.82, 2.24) is 4.57 Å². The number of nitrogens with zero attached hydrogens (tertiary/aromatic N) is 1. The van der Waals surface area contributed by atoms with Gasteiger partial charge in [-0.1, -0.05) is 0 Å². The summed E-state index contributed by atoms with van der Waals surface area (Å²) in [6.07, 6.45) is 0.561. The Hall–Kier alpha value is -1.82. The van der Waals surface area contributed by atoms with E-state index in [1.807, 2.05) is 0 Å². The molecule has 0 radical (unpaired) electrons. The molecule has 1 aromatic heterocycles. The molecule has 0 fully saturated rings. The molecule has 0 aliphatic rings. The van der Waals surface area contributed by atoms with E-state index in [-0.39, 0.29) is 23.5 Å². The fourth-order valence-corrected chi connectivity index (χ4v) is 1.64. The van der Waals surface area contributed by atoms with Crippen molar-refractivity contribution in [3.05, 3.63) is 27.5 Å². The number of carbonyl (C=O) groups excluding carboxylic acids is 1. The lowest BCUT2D eigenvalue weighted by Gasteiger charge is -2.12. The predicted molar refractivity (Wildman–Crippen MR) is 62.1 cm³/mol. The minimum absolute atomic E-state index is 0.0120. The Bertz CT molecular complexity index is 479. The zero-order valence-electron chi connectivity index (χ0n) is 9.90. The first-order chi connectivity index (χ1) is 7.99. The molecule has 0 saturated heterocycles. The molecular weight excluding hydrogens is 224 g/mol. The first-order valence-electron chi connectivity index (χ1n) is 5.21. The summed E-state index contributed by atoms with van der Waals surface area (Å²) in [6.45, 7) is 2.30. The van der Waals surface area contributed by atoms with Crippen molar-refractivity contribution in [2.75, 3.05) is 13.7 Å². The van der Waals surface area contributed by atoms with Crippen LogP contribution in [0.15, 0.2) is 10.9 Å². The lowest BCUT2D eigenvalue weighted by Crippen LogP contribution is -2.25. The van der Waals surface area contributed by atoms with E-state index in [9.17, 15) is 14.7 Å². The number of aromatic hydroxyl groups is 1. The van der Waals surface area contributed by atoms with Gasteiger partial charge in [0.1, 0.15) is 5.56 Å². The highest BCUT2D eigenvalue weighted by Gasteiger charge is 2.16. The number of aryl methyl sites for hydroxylation is 1. The van der Waals surface area contributed by atoms with E-state index >= 15 is 0 Å². The van der Waals surface area contributed by atoms with Gasteiger partial charge in [-0.3, -0.25) is 14.2 Å². The van der Waals surface area contributed by atoms with Crippen molar-refractivity contribution >= 4 is 5.91 Å². The molecule has 0 spiro atoms. The topological polar surface area (TPSA) is 94.5 Å². The highest BCUT2D eigenvalue weighted by molar-refractivity contribution is 5.96. The summed E-state index contributed by atoms with van der Waals surface area (Å²) in [5.41, 5.74) is 5.16. The summed E-state index contributed by atoms with van der Waals surface area (Å²) < 4.78 is 5.97. The third-order valence-corrected chi connectivity index (χ3v) is 2.46. The summed E-state index contributed by atoms with van der Waals surface area (Å²) in [6, 6.07) is 1.28.